The van der Waals surface area contributed by atoms with Gasteiger partial charge in [-0.05, 0) is 47.9 Å². The van der Waals surface area contributed by atoms with Crippen molar-refractivity contribution in [2.45, 2.75) is 24.9 Å². The molecule has 5 rings (SSSR count). The summed E-state index contributed by atoms with van der Waals surface area (Å²) in [6, 6.07) is 2.16. The zero-order valence-corrected chi connectivity index (χ0v) is 11.2. The van der Waals surface area contributed by atoms with E-state index in [1.54, 1.807) is 0 Å². The Morgan fingerprint density at radius 3 is 2.94 bits per heavy atom. The summed E-state index contributed by atoms with van der Waals surface area (Å²) >= 11 is 3.49. The highest BCUT2D eigenvalue weighted by Crippen LogP contribution is 2.46. The van der Waals surface area contributed by atoms with Crippen molar-refractivity contribution >= 4 is 15.9 Å². The van der Waals surface area contributed by atoms with Gasteiger partial charge in [0.25, 0.3) is 0 Å². The van der Waals surface area contributed by atoms with Gasteiger partial charge in [0.1, 0.15) is 5.60 Å². The fourth-order valence-corrected chi connectivity index (χ4v) is 4.06. The van der Waals surface area contributed by atoms with Crippen LogP contribution in [0, 0.1) is 5.92 Å². The Labute approximate surface area is 109 Å². The Morgan fingerprint density at radius 1 is 1.41 bits per heavy atom. The molecule has 0 N–H and O–H groups in total. The van der Waals surface area contributed by atoms with Crippen LogP contribution in [0.25, 0.3) is 0 Å². The molecule has 0 unspecified atom stereocenters. The van der Waals surface area contributed by atoms with Crippen molar-refractivity contribution in [1.82, 2.24) is 9.88 Å². The summed E-state index contributed by atoms with van der Waals surface area (Å²) in [6.07, 6.45) is 5.44. The van der Waals surface area contributed by atoms with Gasteiger partial charge < -0.3 is 4.74 Å². The first-order valence-electron chi connectivity index (χ1n) is 6.31. The first-order chi connectivity index (χ1) is 8.25. The monoisotopic (exact) mass is 294 g/mol. The summed E-state index contributed by atoms with van der Waals surface area (Å²) in [7, 11) is 0. The van der Waals surface area contributed by atoms with E-state index in [0.717, 1.165) is 29.2 Å². The zero-order valence-electron chi connectivity index (χ0n) is 9.66. The molecular formula is C13H15BrN2O. The van der Waals surface area contributed by atoms with E-state index in [1.807, 2.05) is 6.20 Å². The molecule has 3 nitrogen and oxygen atoms in total. The van der Waals surface area contributed by atoms with E-state index >= 15 is 0 Å². The molecule has 0 amide bonds. The maximum Gasteiger partial charge on any atom is 0.217 e. The maximum atomic E-state index is 6.25. The second-order valence-electron chi connectivity index (χ2n) is 5.51. The third kappa shape index (κ3) is 1.47. The van der Waals surface area contributed by atoms with Crippen LogP contribution in [0.1, 0.15) is 18.4 Å². The minimum absolute atomic E-state index is 0.0344. The predicted octanol–water partition coefficient (Wildman–Crippen LogP) is 2.24. The first-order valence-corrected chi connectivity index (χ1v) is 7.10. The van der Waals surface area contributed by atoms with E-state index in [1.165, 1.54) is 31.5 Å². The van der Waals surface area contributed by atoms with Gasteiger partial charge >= 0.3 is 0 Å². The van der Waals surface area contributed by atoms with Gasteiger partial charge in [-0.2, -0.15) is 0 Å². The molecule has 4 aliphatic heterocycles. The van der Waals surface area contributed by atoms with Crippen LogP contribution in [0.4, 0.5) is 0 Å². The third-order valence-electron chi connectivity index (χ3n) is 4.50. The molecule has 1 aromatic heterocycles. The SMILES string of the molecule is Brc1cnc2c(c1)C[C@]1(CN3CCC1CC3)O2. The lowest BCUT2D eigenvalue weighted by atomic mass is 9.73. The molecule has 17 heavy (non-hydrogen) atoms. The molecular weight excluding hydrogens is 280 g/mol. The number of pyridine rings is 1. The van der Waals surface area contributed by atoms with Crippen molar-refractivity contribution in [3.63, 3.8) is 0 Å². The quantitative estimate of drug-likeness (QED) is 0.734. The number of ether oxygens (including phenoxy) is 1. The average molecular weight is 295 g/mol. The van der Waals surface area contributed by atoms with Crippen molar-refractivity contribution in [2.24, 2.45) is 5.92 Å². The first kappa shape index (κ1) is 10.3. The Balaban J connectivity index is 1.71. The lowest BCUT2D eigenvalue weighted by Crippen LogP contribution is -2.61. The minimum Gasteiger partial charge on any atom is -0.469 e. The lowest BCUT2D eigenvalue weighted by Gasteiger charge is -2.50. The molecule has 3 saturated heterocycles. The second kappa shape index (κ2) is 3.45. The van der Waals surface area contributed by atoms with Crippen LogP contribution in [0.3, 0.4) is 0 Å². The number of halogens is 1. The largest absolute Gasteiger partial charge is 0.469 e. The Kier molecular flexibility index (Phi) is 2.10. The van der Waals surface area contributed by atoms with Crippen molar-refractivity contribution in [3.8, 4) is 5.88 Å². The van der Waals surface area contributed by atoms with Crippen molar-refractivity contribution in [2.75, 3.05) is 19.6 Å². The molecule has 1 aromatic rings. The number of rotatable bonds is 0. The number of fused-ring (bicyclic) bond motifs is 3. The molecule has 2 bridgehead atoms. The van der Waals surface area contributed by atoms with Gasteiger partial charge in [0.05, 0.1) is 0 Å². The Morgan fingerprint density at radius 2 is 2.24 bits per heavy atom. The van der Waals surface area contributed by atoms with Gasteiger partial charge in [0.15, 0.2) is 0 Å². The third-order valence-corrected chi connectivity index (χ3v) is 4.94. The Hall–Kier alpha value is -0.610. The molecule has 90 valence electrons. The highest BCUT2D eigenvalue weighted by molar-refractivity contribution is 9.10. The number of hydrogen-bond donors (Lipinski definition) is 0. The van der Waals surface area contributed by atoms with E-state index in [0.29, 0.717) is 0 Å². The molecule has 5 heterocycles. The highest BCUT2D eigenvalue weighted by Gasteiger charge is 2.52. The van der Waals surface area contributed by atoms with E-state index in [2.05, 4.69) is 31.9 Å². The minimum atomic E-state index is 0.0344. The smallest absolute Gasteiger partial charge is 0.217 e. The van der Waals surface area contributed by atoms with Crippen LogP contribution < -0.4 is 4.74 Å². The van der Waals surface area contributed by atoms with E-state index in [4.69, 9.17) is 4.74 Å². The highest BCUT2D eigenvalue weighted by atomic mass is 79.9. The van der Waals surface area contributed by atoms with Crippen LogP contribution in [0.5, 0.6) is 5.88 Å². The molecule has 0 saturated carbocycles. The van der Waals surface area contributed by atoms with Crippen LogP contribution in [0.15, 0.2) is 16.7 Å². The maximum absolute atomic E-state index is 6.25. The van der Waals surface area contributed by atoms with Crippen LogP contribution in [-0.4, -0.2) is 35.1 Å². The van der Waals surface area contributed by atoms with E-state index in [9.17, 15) is 0 Å². The van der Waals surface area contributed by atoms with Gasteiger partial charge in [-0.3, -0.25) is 4.90 Å². The number of piperidine rings is 3. The predicted molar refractivity (Wildman–Crippen MR) is 68.2 cm³/mol. The van der Waals surface area contributed by atoms with Gasteiger partial charge in [-0.15, -0.1) is 0 Å². The number of aromatic nitrogens is 1. The molecule has 3 fully saturated rings. The second-order valence-corrected chi connectivity index (χ2v) is 6.43. The number of hydrogen-bond acceptors (Lipinski definition) is 3. The van der Waals surface area contributed by atoms with Gasteiger partial charge in [-0.1, -0.05) is 0 Å². The fourth-order valence-electron chi connectivity index (χ4n) is 3.68. The average Bonchev–Trinajstić information content (AvgIpc) is 2.67. The summed E-state index contributed by atoms with van der Waals surface area (Å²) in [5, 5.41) is 0. The molecule has 1 atom stereocenters. The van der Waals surface area contributed by atoms with Crippen molar-refractivity contribution < 1.29 is 4.74 Å². The normalized spacial score (nSPS) is 38.2. The van der Waals surface area contributed by atoms with Crippen LogP contribution in [0.2, 0.25) is 0 Å². The standard InChI is InChI=1S/C13H15BrN2O/c14-11-5-9-6-13(17-12(9)15-7-11)8-16-3-1-10(13)2-4-16/h5,7,10H,1-4,6,8H2/t13-/m1/s1. The zero-order chi connectivity index (χ0) is 11.5. The summed E-state index contributed by atoms with van der Waals surface area (Å²) < 4.78 is 7.30. The molecule has 4 heteroatoms. The van der Waals surface area contributed by atoms with E-state index in [-0.39, 0.29) is 5.60 Å². The molecule has 1 spiro atoms. The fraction of sp³-hybridized carbons (Fsp3) is 0.615. The Bertz CT molecular complexity index is 470. The molecule has 0 aromatic carbocycles. The van der Waals surface area contributed by atoms with Crippen molar-refractivity contribution in [3.05, 3.63) is 22.3 Å². The molecule has 0 aliphatic carbocycles. The van der Waals surface area contributed by atoms with Crippen LogP contribution >= 0.6 is 15.9 Å². The van der Waals surface area contributed by atoms with Crippen LogP contribution in [-0.2, 0) is 6.42 Å². The summed E-state index contributed by atoms with van der Waals surface area (Å²) in [5.41, 5.74) is 1.31. The van der Waals surface area contributed by atoms with Crippen molar-refractivity contribution in [1.29, 1.82) is 0 Å². The van der Waals surface area contributed by atoms with E-state index < -0.39 is 0 Å². The molecule has 0 radical (unpaired) electrons. The topological polar surface area (TPSA) is 25.4 Å². The van der Waals surface area contributed by atoms with Gasteiger partial charge in [-0.25, -0.2) is 4.98 Å². The van der Waals surface area contributed by atoms with Gasteiger partial charge in [0.2, 0.25) is 5.88 Å². The van der Waals surface area contributed by atoms with Gasteiger partial charge in [0, 0.05) is 35.1 Å². The number of nitrogens with zero attached hydrogens (tertiary/aromatic N) is 2. The summed E-state index contributed by atoms with van der Waals surface area (Å²) in [5.74, 6) is 1.59. The summed E-state index contributed by atoms with van der Waals surface area (Å²) in [6.45, 7) is 3.60. The summed E-state index contributed by atoms with van der Waals surface area (Å²) in [4.78, 5) is 6.95. The lowest BCUT2D eigenvalue weighted by molar-refractivity contribution is -0.0814. The molecule has 4 aliphatic rings.